The van der Waals surface area contributed by atoms with E-state index in [-0.39, 0.29) is 44.4 Å². The average molecular weight is 496 g/mol. The summed E-state index contributed by atoms with van der Waals surface area (Å²) in [5.74, 6) is -0.122. The molecule has 4 rings (SSSR count). The van der Waals surface area contributed by atoms with Crippen molar-refractivity contribution in [2.24, 2.45) is 5.16 Å². The van der Waals surface area contributed by atoms with Crippen LogP contribution >= 0.6 is 0 Å². The molecular weight excluding hydrogens is 471 g/mol. The second kappa shape index (κ2) is 9.75. The van der Waals surface area contributed by atoms with Crippen LogP contribution in [-0.4, -0.2) is 50.0 Å². The van der Waals surface area contributed by atoms with Gasteiger partial charge in [-0.05, 0) is 42.7 Å². The van der Waals surface area contributed by atoms with Crippen LogP contribution in [0, 0.1) is 0 Å². The number of sulfonamides is 1. The molecule has 0 aliphatic carbocycles. The predicted molar refractivity (Wildman–Crippen MR) is 120 cm³/mol. The van der Waals surface area contributed by atoms with E-state index in [1.807, 2.05) is 24.3 Å². The summed E-state index contributed by atoms with van der Waals surface area (Å²) in [7, 11) is -4.07. The number of piperidine rings is 1. The molecule has 11 heteroatoms. The van der Waals surface area contributed by atoms with Crippen molar-refractivity contribution in [1.82, 2.24) is 4.31 Å². The third-order valence-corrected chi connectivity index (χ3v) is 7.83. The van der Waals surface area contributed by atoms with Crippen LogP contribution < -0.4 is 5.32 Å². The summed E-state index contributed by atoms with van der Waals surface area (Å²) in [6, 6.07) is 11.2. The summed E-state index contributed by atoms with van der Waals surface area (Å²) >= 11 is 0. The maximum absolute atomic E-state index is 12.9. The Hall–Kier alpha value is -2.92. The molecule has 0 amide bonds. The second-order valence-electron chi connectivity index (χ2n) is 8.22. The van der Waals surface area contributed by atoms with Crippen molar-refractivity contribution in [2.45, 2.75) is 42.8 Å². The van der Waals surface area contributed by atoms with Gasteiger partial charge >= 0.3 is 6.18 Å². The fraction of sp³-hybridized carbons (Fsp3) is 0.391. The van der Waals surface area contributed by atoms with Gasteiger partial charge in [0.1, 0.15) is 0 Å². The van der Waals surface area contributed by atoms with Crippen molar-refractivity contribution in [3.05, 3.63) is 59.7 Å². The van der Waals surface area contributed by atoms with E-state index in [0.717, 1.165) is 34.6 Å². The molecular formula is C23H24F3N3O4S. The normalized spacial score (nSPS) is 19.1. The number of aryl methyl sites for hydroxylation is 1. The van der Waals surface area contributed by atoms with E-state index in [9.17, 15) is 26.4 Å². The van der Waals surface area contributed by atoms with Gasteiger partial charge in [0.2, 0.25) is 10.0 Å². The Labute approximate surface area is 195 Å². The van der Waals surface area contributed by atoms with Crippen molar-refractivity contribution in [3.8, 4) is 0 Å². The zero-order valence-electron chi connectivity index (χ0n) is 18.2. The van der Waals surface area contributed by atoms with Gasteiger partial charge in [-0.1, -0.05) is 29.4 Å². The van der Waals surface area contributed by atoms with Crippen molar-refractivity contribution >= 4 is 27.2 Å². The zero-order chi connectivity index (χ0) is 24.3. The van der Waals surface area contributed by atoms with Gasteiger partial charge in [-0.2, -0.15) is 17.5 Å². The van der Waals surface area contributed by atoms with Crippen molar-refractivity contribution in [3.63, 3.8) is 0 Å². The number of ketones is 1. The van der Waals surface area contributed by atoms with Gasteiger partial charge in [0.05, 0.1) is 22.2 Å². The highest BCUT2D eigenvalue weighted by Crippen LogP contribution is 2.31. The van der Waals surface area contributed by atoms with E-state index < -0.39 is 26.7 Å². The Morgan fingerprint density at radius 3 is 2.56 bits per heavy atom. The molecule has 7 nitrogen and oxygen atoms in total. The van der Waals surface area contributed by atoms with Gasteiger partial charge in [0, 0.05) is 31.6 Å². The lowest BCUT2D eigenvalue weighted by molar-refractivity contribution is -0.137. The van der Waals surface area contributed by atoms with E-state index >= 15 is 0 Å². The lowest BCUT2D eigenvalue weighted by atomic mass is 9.96. The highest BCUT2D eigenvalue weighted by molar-refractivity contribution is 7.89. The molecule has 182 valence electrons. The van der Waals surface area contributed by atoms with E-state index in [1.54, 1.807) is 0 Å². The Kier molecular flexibility index (Phi) is 6.94. The molecule has 0 spiro atoms. The van der Waals surface area contributed by atoms with Crippen LogP contribution in [0.15, 0.2) is 58.6 Å². The number of carbonyl (C=O) groups excluding carboxylic acids is 1. The van der Waals surface area contributed by atoms with Crippen molar-refractivity contribution in [1.29, 1.82) is 0 Å². The Morgan fingerprint density at radius 2 is 1.82 bits per heavy atom. The van der Waals surface area contributed by atoms with Gasteiger partial charge in [-0.15, -0.1) is 0 Å². The van der Waals surface area contributed by atoms with Crippen LogP contribution in [0.1, 0.15) is 30.4 Å². The topological polar surface area (TPSA) is 88.1 Å². The second-order valence-corrected chi connectivity index (χ2v) is 10.2. The molecule has 2 aliphatic rings. The number of anilines is 1. The van der Waals surface area contributed by atoms with Gasteiger partial charge < -0.3 is 10.2 Å². The minimum atomic E-state index is -4.63. The number of fused-ring (bicyclic) bond motifs is 1. The third kappa shape index (κ3) is 5.41. The quantitative estimate of drug-likeness (QED) is 0.615. The van der Waals surface area contributed by atoms with E-state index in [1.165, 1.54) is 5.56 Å². The number of alkyl halides is 3. The average Bonchev–Trinajstić information content (AvgIpc) is 2.83. The zero-order valence-corrected chi connectivity index (χ0v) is 19.0. The molecule has 0 radical (unpaired) electrons. The van der Waals surface area contributed by atoms with Crippen LogP contribution in [-0.2, 0) is 32.3 Å². The van der Waals surface area contributed by atoms with Crippen LogP contribution in [0.2, 0.25) is 0 Å². The molecule has 0 bridgehead atoms. The minimum Gasteiger partial charge on any atom is -0.388 e. The van der Waals surface area contributed by atoms with Crippen LogP contribution in [0.3, 0.4) is 0 Å². The molecule has 1 fully saturated rings. The summed E-state index contributed by atoms with van der Waals surface area (Å²) in [6.07, 6.45) is -2.64. The molecule has 0 saturated carbocycles. The maximum Gasteiger partial charge on any atom is 0.416 e. The molecule has 2 aromatic rings. The lowest BCUT2D eigenvalue weighted by Gasteiger charge is -2.27. The molecule has 2 aromatic carbocycles. The molecule has 0 aromatic heterocycles. The maximum atomic E-state index is 12.9. The summed E-state index contributed by atoms with van der Waals surface area (Å²) in [5.41, 5.74) is 1.69. The number of carbonyl (C=O) groups is 1. The molecule has 2 heterocycles. The number of oxime groups is 1. The number of Topliss-reactive ketones (excluding diaryl/α,β-unsaturated/α-hetero) is 1. The number of hydrogen-bond donors (Lipinski definition) is 1. The first-order chi connectivity index (χ1) is 16.1. The van der Waals surface area contributed by atoms with Gasteiger partial charge in [0.15, 0.2) is 12.4 Å². The van der Waals surface area contributed by atoms with E-state index in [0.29, 0.717) is 18.2 Å². The SMILES string of the molecule is O=C(CON=C1CCN(S(=O)(=O)c2cccc(C(F)(F)F)c2)CC1)C1CCc2ccccc2N1. The summed E-state index contributed by atoms with van der Waals surface area (Å²) in [5, 5.41) is 7.21. The molecule has 1 atom stereocenters. The first-order valence-electron chi connectivity index (χ1n) is 10.9. The predicted octanol–water partition coefficient (Wildman–Crippen LogP) is 3.86. The molecule has 1 saturated heterocycles. The first-order valence-corrected chi connectivity index (χ1v) is 12.3. The number of para-hydroxylation sites is 1. The van der Waals surface area contributed by atoms with Gasteiger partial charge in [-0.3, -0.25) is 4.79 Å². The summed E-state index contributed by atoms with van der Waals surface area (Å²) in [6.45, 7) is -0.0685. The number of nitrogens with zero attached hydrogens (tertiary/aromatic N) is 2. The number of hydrogen-bond acceptors (Lipinski definition) is 6. The highest BCUT2D eigenvalue weighted by atomic mass is 32.2. The summed E-state index contributed by atoms with van der Waals surface area (Å²) < 4.78 is 65.5. The van der Waals surface area contributed by atoms with Gasteiger partial charge in [0.25, 0.3) is 0 Å². The first kappa shape index (κ1) is 24.2. The fourth-order valence-corrected chi connectivity index (χ4v) is 5.51. The number of rotatable bonds is 6. The largest absolute Gasteiger partial charge is 0.416 e. The Bertz CT molecular complexity index is 1190. The number of nitrogens with one attached hydrogen (secondary N) is 1. The Morgan fingerprint density at radius 1 is 1.09 bits per heavy atom. The standard InChI is InChI=1S/C23H24F3N3O4S/c24-23(25,26)17-5-3-6-19(14-17)34(31,32)29-12-10-18(11-13-29)28-33-15-22(30)21-9-8-16-4-1-2-7-20(16)27-21/h1-7,14,21,27H,8-13,15H2. The van der Waals surface area contributed by atoms with Crippen LogP contribution in [0.25, 0.3) is 0 Å². The minimum absolute atomic E-state index is 0.0652. The molecule has 1 N–H and O–H groups in total. The molecule has 2 aliphatic heterocycles. The third-order valence-electron chi connectivity index (χ3n) is 5.94. The smallest absolute Gasteiger partial charge is 0.388 e. The Balaban J connectivity index is 1.29. The fourth-order valence-electron chi connectivity index (χ4n) is 4.03. The van der Waals surface area contributed by atoms with E-state index in [4.69, 9.17) is 4.84 Å². The van der Waals surface area contributed by atoms with Crippen LogP contribution in [0.4, 0.5) is 18.9 Å². The van der Waals surface area contributed by atoms with Gasteiger partial charge in [-0.25, -0.2) is 8.42 Å². The highest BCUT2D eigenvalue weighted by Gasteiger charge is 2.34. The summed E-state index contributed by atoms with van der Waals surface area (Å²) in [4.78, 5) is 17.3. The monoisotopic (exact) mass is 495 g/mol. The molecule has 1 unspecified atom stereocenters. The number of halogens is 3. The van der Waals surface area contributed by atoms with Crippen molar-refractivity contribution < 1.29 is 31.2 Å². The lowest BCUT2D eigenvalue weighted by Crippen LogP contribution is -2.39. The molecule has 34 heavy (non-hydrogen) atoms. The van der Waals surface area contributed by atoms with Crippen LogP contribution in [0.5, 0.6) is 0 Å². The van der Waals surface area contributed by atoms with E-state index in [2.05, 4.69) is 10.5 Å². The van der Waals surface area contributed by atoms with Crippen molar-refractivity contribution in [2.75, 3.05) is 25.0 Å². The number of benzene rings is 2.